The lowest BCUT2D eigenvalue weighted by molar-refractivity contribution is 0.295. The number of nitrogens with zero attached hydrogens (tertiary/aromatic N) is 2. The molecule has 5 nitrogen and oxygen atoms in total. The van der Waals surface area contributed by atoms with E-state index in [9.17, 15) is 0 Å². The molecule has 3 aliphatic rings. The van der Waals surface area contributed by atoms with Crippen LogP contribution in [0.2, 0.25) is 0 Å². The summed E-state index contributed by atoms with van der Waals surface area (Å²) in [7, 11) is 1.67. The van der Waals surface area contributed by atoms with Crippen molar-refractivity contribution >= 4 is 5.69 Å². The van der Waals surface area contributed by atoms with E-state index in [1.54, 1.807) is 7.11 Å². The molecule has 3 aliphatic heterocycles. The number of hydrogen-bond acceptors (Lipinski definition) is 5. The number of benzene rings is 1. The number of para-hydroxylation sites is 1. The zero-order chi connectivity index (χ0) is 17.6. The van der Waals surface area contributed by atoms with E-state index in [-0.39, 0.29) is 5.41 Å². The Morgan fingerprint density at radius 1 is 1.23 bits per heavy atom. The maximum absolute atomic E-state index is 6.08. The van der Waals surface area contributed by atoms with Crippen LogP contribution in [0.3, 0.4) is 0 Å². The van der Waals surface area contributed by atoms with E-state index >= 15 is 0 Å². The molecule has 1 spiro atoms. The van der Waals surface area contributed by atoms with Gasteiger partial charge in [-0.15, -0.1) is 0 Å². The van der Waals surface area contributed by atoms with Gasteiger partial charge in [-0.2, -0.15) is 0 Å². The summed E-state index contributed by atoms with van der Waals surface area (Å²) in [5.74, 6) is 2.30. The van der Waals surface area contributed by atoms with Gasteiger partial charge < -0.3 is 19.7 Å². The van der Waals surface area contributed by atoms with Gasteiger partial charge in [-0.25, -0.2) is 4.98 Å². The summed E-state index contributed by atoms with van der Waals surface area (Å²) >= 11 is 0. The Morgan fingerprint density at radius 2 is 2.08 bits per heavy atom. The molecule has 1 aromatic heterocycles. The standard InChI is InChI=1S/C21H25N3O2/c1-25-19-7-6-18-20(23-19)21(14-26-18)13-24(12-15-8-10-22-11-9-15)17-5-3-2-4-16(17)21/h2-7,15,22H,8-14H2,1H3. The van der Waals surface area contributed by atoms with Gasteiger partial charge in [0.15, 0.2) is 0 Å². The van der Waals surface area contributed by atoms with E-state index < -0.39 is 0 Å². The average Bonchev–Trinajstić information content (AvgIpc) is 3.22. The van der Waals surface area contributed by atoms with Crippen molar-refractivity contribution in [2.24, 2.45) is 5.92 Å². The highest BCUT2D eigenvalue weighted by atomic mass is 16.5. The molecule has 5 heteroatoms. The molecule has 0 aliphatic carbocycles. The number of anilines is 1. The van der Waals surface area contributed by atoms with Gasteiger partial charge in [0.05, 0.1) is 12.5 Å². The van der Waals surface area contributed by atoms with Gasteiger partial charge in [0, 0.05) is 24.8 Å². The predicted octanol–water partition coefficient (Wildman–Crippen LogP) is 2.59. The fourth-order valence-electron chi connectivity index (χ4n) is 4.79. The van der Waals surface area contributed by atoms with Crippen molar-refractivity contribution in [1.29, 1.82) is 0 Å². The summed E-state index contributed by atoms with van der Waals surface area (Å²) in [4.78, 5) is 7.36. The maximum Gasteiger partial charge on any atom is 0.213 e. The molecule has 1 saturated heterocycles. The second kappa shape index (κ2) is 6.16. The van der Waals surface area contributed by atoms with E-state index in [1.807, 2.05) is 12.1 Å². The number of hydrogen-bond donors (Lipinski definition) is 1. The third-order valence-corrected chi connectivity index (χ3v) is 6.13. The molecular formula is C21H25N3O2. The summed E-state index contributed by atoms with van der Waals surface area (Å²) in [5.41, 5.74) is 3.52. The Morgan fingerprint density at radius 3 is 2.92 bits per heavy atom. The van der Waals surface area contributed by atoms with Gasteiger partial charge in [-0.3, -0.25) is 0 Å². The molecule has 1 aromatic carbocycles. The zero-order valence-corrected chi connectivity index (χ0v) is 15.2. The first-order chi connectivity index (χ1) is 12.8. The molecule has 0 bridgehead atoms. The second-order valence-corrected chi connectivity index (χ2v) is 7.66. The lowest BCUT2D eigenvalue weighted by Gasteiger charge is -2.30. The van der Waals surface area contributed by atoms with Crippen LogP contribution >= 0.6 is 0 Å². The SMILES string of the molecule is COc1ccc2c(n1)C1(CO2)CN(CC2CCNCC2)c2ccccc21. The van der Waals surface area contributed by atoms with Gasteiger partial charge >= 0.3 is 0 Å². The minimum absolute atomic E-state index is 0.187. The van der Waals surface area contributed by atoms with Crippen LogP contribution in [0.25, 0.3) is 0 Å². The second-order valence-electron chi connectivity index (χ2n) is 7.66. The minimum Gasteiger partial charge on any atom is -0.490 e. The third kappa shape index (κ3) is 2.37. The monoisotopic (exact) mass is 351 g/mol. The van der Waals surface area contributed by atoms with Crippen LogP contribution in [-0.2, 0) is 5.41 Å². The molecule has 1 unspecified atom stereocenters. The number of ether oxygens (including phenoxy) is 2. The van der Waals surface area contributed by atoms with Crippen molar-refractivity contribution in [3.05, 3.63) is 47.7 Å². The van der Waals surface area contributed by atoms with Crippen molar-refractivity contribution in [2.45, 2.75) is 18.3 Å². The molecule has 26 heavy (non-hydrogen) atoms. The van der Waals surface area contributed by atoms with Crippen molar-refractivity contribution < 1.29 is 9.47 Å². The van der Waals surface area contributed by atoms with E-state index in [0.717, 1.165) is 43.5 Å². The largest absolute Gasteiger partial charge is 0.490 e. The molecule has 136 valence electrons. The average molecular weight is 351 g/mol. The molecule has 1 fully saturated rings. The van der Waals surface area contributed by atoms with Crippen LogP contribution in [0.1, 0.15) is 24.1 Å². The van der Waals surface area contributed by atoms with Gasteiger partial charge in [0.25, 0.3) is 0 Å². The maximum atomic E-state index is 6.08. The Hall–Kier alpha value is -2.27. The van der Waals surface area contributed by atoms with E-state index in [4.69, 9.17) is 14.5 Å². The van der Waals surface area contributed by atoms with Crippen molar-refractivity contribution in [3.63, 3.8) is 0 Å². The smallest absolute Gasteiger partial charge is 0.213 e. The van der Waals surface area contributed by atoms with Gasteiger partial charge in [0.2, 0.25) is 5.88 Å². The number of nitrogens with one attached hydrogen (secondary N) is 1. The number of aromatic nitrogens is 1. The zero-order valence-electron chi connectivity index (χ0n) is 15.2. The van der Waals surface area contributed by atoms with Crippen LogP contribution in [-0.4, -0.2) is 44.9 Å². The van der Waals surface area contributed by atoms with E-state index in [0.29, 0.717) is 12.5 Å². The number of piperidine rings is 1. The summed E-state index contributed by atoms with van der Waals surface area (Å²) in [6.45, 7) is 4.97. The first kappa shape index (κ1) is 15.9. The van der Waals surface area contributed by atoms with Crippen LogP contribution in [0.15, 0.2) is 36.4 Å². The topological polar surface area (TPSA) is 46.6 Å². The highest BCUT2D eigenvalue weighted by Gasteiger charge is 2.51. The predicted molar refractivity (Wildman–Crippen MR) is 101 cm³/mol. The van der Waals surface area contributed by atoms with Gasteiger partial charge in [0.1, 0.15) is 18.1 Å². The van der Waals surface area contributed by atoms with Crippen molar-refractivity contribution in [3.8, 4) is 11.6 Å². The molecule has 5 rings (SSSR count). The summed E-state index contributed by atoms with van der Waals surface area (Å²) in [5, 5.41) is 3.47. The summed E-state index contributed by atoms with van der Waals surface area (Å²) in [6, 6.07) is 12.6. The fraction of sp³-hybridized carbons (Fsp3) is 0.476. The summed E-state index contributed by atoms with van der Waals surface area (Å²) < 4.78 is 11.5. The molecule has 0 amide bonds. The Kier molecular flexibility index (Phi) is 3.78. The quantitative estimate of drug-likeness (QED) is 0.921. The normalized spacial score (nSPS) is 24.4. The highest BCUT2D eigenvalue weighted by molar-refractivity contribution is 5.68. The first-order valence-electron chi connectivity index (χ1n) is 9.54. The number of fused-ring (bicyclic) bond motifs is 4. The minimum atomic E-state index is -0.187. The van der Waals surface area contributed by atoms with Crippen molar-refractivity contribution in [2.75, 3.05) is 44.8 Å². The number of rotatable bonds is 3. The number of pyridine rings is 1. The van der Waals surface area contributed by atoms with Crippen molar-refractivity contribution in [1.82, 2.24) is 10.3 Å². The molecule has 1 atom stereocenters. The number of methoxy groups -OCH3 is 1. The van der Waals surface area contributed by atoms with E-state index in [2.05, 4.69) is 34.5 Å². The molecule has 0 radical (unpaired) electrons. The van der Waals surface area contributed by atoms with Crippen LogP contribution in [0, 0.1) is 5.92 Å². The molecule has 2 aromatic rings. The fourth-order valence-corrected chi connectivity index (χ4v) is 4.79. The lowest BCUT2D eigenvalue weighted by atomic mass is 9.80. The van der Waals surface area contributed by atoms with Crippen LogP contribution in [0.4, 0.5) is 5.69 Å². The Bertz CT molecular complexity index is 819. The van der Waals surface area contributed by atoms with Crippen LogP contribution in [0.5, 0.6) is 11.6 Å². The molecule has 4 heterocycles. The van der Waals surface area contributed by atoms with Crippen LogP contribution < -0.4 is 19.7 Å². The van der Waals surface area contributed by atoms with Gasteiger partial charge in [-0.1, -0.05) is 18.2 Å². The Labute approximate surface area is 154 Å². The van der Waals surface area contributed by atoms with Gasteiger partial charge in [-0.05, 0) is 49.5 Å². The Balaban J connectivity index is 1.54. The summed E-state index contributed by atoms with van der Waals surface area (Å²) in [6.07, 6.45) is 2.51. The lowest BCUT2D eigenvalue weighted by Crippen LogP contribution is -2.40. The highest BCUT2D eigenvalue weighted by Crippen LogP contribution is 2.51. The molecular weight excluding hydrogens is 326 g/mol. The first-order valence-corrected chi connectivity index (χ1v) is 9.54. The molecule has 1 N–H and O–H groups in total. The molecule has 0 saturated carbocycles. The third-order valence-electron chi connectivity index (χ3n) is 6.13. The van der Waals surface area contributed by atoms with E-state index in [1.165, 1.54) is 24.1 Å².